The van der Waals surface area contributed by atoms with E-state index in [2.05, 4.69) is 5.32 Å². The summed E-state index contributed by atoms with van der Waals surface area (Å²) in [5, 5.41) is 2.74. The van der Waals surface area contributed by atoms with Crippen LogP contribution in [0.25, 0.3) is 0 Å². The Balaban J connectivity index is 2.18. The summed E-state index contributed by atoms with van der Waals surface area (Å²) < 4.78 is 4.76. The fourth-order valence-corrected chi connectivity index (χ4v) is 0.577. The van der Waals surface area contributed by atoms with E-state index in [4.69, 9.17) is 4.74 Å². The minimum Gasteiger partial charge on any atom is -0.363 e. The molecule has 0 aromatic rings. The topological polar surface area (TPSA) is 41.6 Å². The van der Waals surface area contributed by atoms with Crippen molar-refractivity contribution in [2.75, 3.05) is 6.61 Å². The Morgan fingerprint density at radius 3 is 2.67 bits per heavy atom. The van der Waals surface area contributed by atoms with Gasteiger partial charge in [-0.2, -0.15) is 0 Å². The summed E-state index contributed by atoms with van der Waals surface area (Å²) in [6, 6.07) is 0.224. The molecular formula is C6H11NO2. The fraction of sp³-hybridized carbons (Fsp3) is 0.833. The lowest BCUT2D eigenvalue weighted by Crippen LogP contribution is -2.33. The van der Waals surface area contributed by atoms with Crippen molar-refractivity contribution in [3.63, 3.8) is 0 Å². The Labute approximate surface area is 54.4 Å². The molecule has 0 aromatic carbocycles. The van der Waals surface area contributed by atoms with E-state index in [0.717, 1.165) is 0 Å². The van der Waals surface area contributed by atoms with Gasteiger partial charge < -0.3 is 10.1 Å². The summed E-state index contributed by atoms with van der Waals surface area (Å²) in [6.45, 7) is 4.46. The predicted octanol–water partition coefficient (Wildman–Crippen LogP) is -0.0902. The van der Waals surface area contributed by atoms with Gasteiger partial charge in [0.05, 0.1) is 6.61 Å². The van der Waals surface area contributed by atoms with E-state index >= 15 is 0 Å². The molecule has 1 atom stereocenters. The number of hydrogen-bond donors (Lipinski definition) is 1. The molecule has 0 saturated carbocycles. The zero-order chi connectivity index (χ0) is 6.85. The number of rotatable bonds is 2. The average molecular weight is 129 g/mol. The molecule has 0 aliphatic carbocycles. The SMILES string of the molecule is CC(C)NC(=O)C1CO1. The number of epoxide rings is 1. The zero-order valence-electron chi connectivity index (χ0n) is 5.68. The van der Waals surface area contributed by atoms with Crippen LogP contribution < -0.4 is 5.32 Å². The minimum absolute atomic E-state index is 0.0185. The first kappa shape index (κ1) is 6.55. The van der Waals surface area contributed by atoms with Gasteiger partial charge in [0.1, 0.15) is 0 Å². The number of carbonyl (C=O) groups is 1. The second-order valence-electron chi connectivity index (χ2n) is 2.49. The van der Waals surface area contributed by atoms with Gasteiger partial charge in [0.15, 0.2) is 6.10 Å². The molecule has 3 heteroatoms. The average Bonchev–Trinajstić information content (AvgIpc) is 2.40. The van der Waals surface area contributed by atoms with Gasteiger partial charge in [-0.15, -0.1) is 0 Å². The highest BCUT2D eigenvalue weighted by molar-refractivity contribution is 5.82. The molecular weight excluding hydrogens is 118 g/mol. The summed E-state index contributed by atoms with van der Waals surface area (Å²) >= 11 is 0. The Morgan fingerprint density at radius 2 is 2.33 bits per heavy atom. The normalized spacial score (nSPS) is 24.1. The third-order valence-electron chi connectivity index (χ3n) is 1.06. The van der Waals surface area contributed by atoms with Gasteiger partial charge in [-0.05, 0) is 13.8 Å². The molecule has 1 amide bonds. The fourth-order valence-electron chi connectivity index (χ4n) is 0.577. The van der Waals surface area contributed by atoms with Crippen LogP contribution in [0.2, 0.25) is 0 Å². The first-order valence-corrected chi connectivity index (χ1v) is 3.12. The summed E-state index contributed by atoms with van der Waals surface area (Å²) in [5.74, 6) is 0.0185. The van der Waals surface area contributed by atoms with Crippen molar-refractivity contribution in [3.05, 3.63) is 0 Å². The zero-order valence-corrected chi connectivity index (χ0v) is 5.68. The molecule has 1 N–H and O–H groups in total. The van der Waals surface area contributed by atoms with Crippen molar-refractivity contribution in [1.29, 1.82) is 0 Å². The van der Waals surface area contributed by atoms with Crippen LogP contribution in [0, 0.1) is 0 Å². The van der Waals surface area contributed by atoms with Gasteiger partial charge in [-0.25, -0.2) is 0 Å². The van der Waals surface area contributed by atoms with Crippen LogP contribution in [0.1, 0.15) is 13.8 Å². The Kier molecular flexibility index (Phi) is 1.71. The first-order valence-electron chi connectivity index (χ1n) is 3.12. The Morgan fingerprint density at radius 1 is 1.78 bits per heavy atom. The van der Waals surface area contributed by atoms with E-state index < -0.39 is 0 Å². The maximum absolute atomic E-state index is 10.8. The first-order chi connectivity index (χ1) is 4.20. The highest BCUT2D eigenvalue weighted by atomic mass is 16.6. The summed E-state index contributed by atoms with van der Waals surface area (Å²) in [6.07, 6.45) is -0.146. The van der Waals surface area contributed by atoms with Crippen molar-refractivity contribution in [1.82, 2.24) is 5.32 Å². The summed E-state index contributed by atoms with van der Waals surface area (Å²) in [5.41, 5.74) is 0. The number of amides is 1. The van der Waals surface area contributed by atoms with Crippen LogP contribution in [0.4, 0.5) is 0 Å². The molecule has 1 heterocycles. The molecule has 0 spiro atoms. The third kappa shape index (κ3) is 2.01. The molecule has 0 aromatic heterocycles. The Bertz CT molecular complexity index is 118. The second kappa shape index (κ2) is 2.35. The smallest absolute Gasteiger partial charge is 0.251 e. The molecule has 1 fully saturated rings. The van der Waals surface area contributed by atoms with Crippen molar-refractivity contribution in [3.8, 4) is 0 Å². The number of nitrogens with one attached hydrogen (secondary N) is 1. The van der Waals surface area contributed by atoms with Gasteiger partial charge in [-0.3, -0.25) is 4.79 Å². The number of carbonyl (C=O) groups excluding carboxylic acids is 1. The summed E-state index contributed by atoms with van der Waals surface area (Å²) in [7, 11) is 0. The molecule has 0 radical (unpaired) electrons. The van der Waals surface area contributed by atoms with Gasteiger partial charge >= 0.3 is 0 Å². The molecule has 52 valence electrons. The van der Waals surface area contributed by atoms with Crippen molar-refractivity contribution >= 4 is 5.91 Å². The number of hydrogen-bond acceptors (Lipinski definition) is 2. The van der Waals surface area contributed by atoms with Crippen molar-refractivity contribution in [2.45, 2.75) is 26.0 Å². The molecule has 3 nitrogen and oxygen atoms in total. The number of ether oxygens (including phenoxy) is 1. The van der Waals surface area contributed by atoms with Crippen LogP contribution >= 0.6 is 0 Å². The van der Waals surface area contributed by atoms with Gasteiger partial charge in [0, 0.05) is 6.04 Å². The van der Waals surface area contributed by atoms with Gasteiger partial charge in [-0.1, -0.05) is 0 Å². The van der Waals surface area contributed by atoms with E-state index in [1.165, 1.54) is 0 Å². The monoisotopic (exact) mass is 129 g/mol. The minimum atomic E-state index is -0.146. The molecule has 9 heavy (non-hydrogen) atoms. The van der Waals surface area contributed by atoms with Crippen LogP contribution in [-0.4, -0.2) is 24.7 Å². The summed E-state index contributed by atoms with van der Waals surface area (Å²) in [4.78, 5) is 10.8. The quantitative estimate of drug-likeness (QED) is 0.529. The molecule has 1 saturated heterocycles. The van der Waals surface area contributed by atoms with Gasteiger partial charge in [0.2, 0.25) is 0 Å². The molecule has 1 rings (SSSR count). The lowest BCUT2D eigenvalue weighted by molar-refractivity contribution is -0.122. The highest BCUT2D eigenvalue weighted by Crippen LogP contribution is 2.07. The van der Waals surface area contributed by atoms with E-state index in [0.29, 0.717) is 6.61 Å². The molecule has 0 bridgehead atoms. The van der Waals surface area contributed by atoms with Crippen LogP contribution in [-0.2, 0) is 9.53 Å². The lowest BCUT2D eigenvalue weighted by Gasteiger charge is -2.04. The Hall–Kier alpha value is -0.570. The van der Waals surface area contributed by atoms with E-state index in [1.807, 2.05) is 13.8 Å². The van der Waals surface area contributed by atoms with E-state index in [9.17, 15) is 4.79 Å². The van der Waals surface area contributed by atoms with Crippen molar-refractivity contribution < 1.29 is 9.53 Å². The van der Waals surface area contributed by atoms with E-state index in [1.54, 1.807) is 0 Å². The third-order valence-corrected chi connectivity index (χ3v) is 1.06. The predicted molar refractivity (Wildman–Crippen MR) is 33.0 cm³/mol. The van der Waals surface area contributed by atoms with Crippen molar-refractivity contribution in [2.24, 2.45) is 0 Å². The maximum atomic E-state index is 10.8. The standard InChI is InChI=1S/C6H11NO2/c1-4(2)7-6(8)5-3-9-5/h4-5H,3H2,1-2H3,(H,7,8). The molecule has 1 unspecified atom stereocenters. The van der Waals surface area contributed by atoms with E-state index in [-0.39, 0.29) is 18.1 Å². The highest BCUT2D eigenvalue weighted by Gasteiger charge is 2.31. The molecule has 1 aliphatic rings. The largest absolute Gasteiger partial charge is 0.363 e. The van der Waals surface area contributed by atoms with Crippen LogP contribution in [0.5, 0.6) is 0 Å². The lowest BCUT2D eigenvalue weighted by atomic mass is 10.3. The van der Waals surface area contributed by atoms with Crippen LogP contribution in [0.3, 0.4) is 0 Å². The molecule has 1 aliphatic heterocycles. The van der Waals surface area contributed by atoms with Crippen LogP contribution in [0.15, 0.2) is 0 Å². The van der Waals surface area contributed by atoms with Gasteiger partial charge in [0.25, 0.3) is 5.91 Å². The second-order valence-corrected chi connectivity index (χ2v) is 2.49. The maximum Gasteiger partial charge on any atom is 0.251 e.